The van der Waals surface area contributed by atoms with Gasteiger partial charge in [-0.15, -0.1) is 0 Å². The molecule has 1 fully saturated rings. The molecule has 1 saturated heterocycles. The molecular formula is C20H24N2O3. The summed E-state index contributed by atoms with van der Waals surface area (Å²) in [5.41, 5.74) is 2.77. The highest BCUT2D eigenvalue weighted by molar-refractivity contribution is 5.94. The van der Waals surface area contributed by atoms with Crippen molar-refractivity contribution in [1.29, 1.82) is 0 Å². The number of amides is 1. The number of para-hydroxylation sites is 2. The molecule has 25 heavy (non-hydrogen) atoms. The minimum atomic E-state index is 0.0745. The number of nitrogens with zero attached hydrogens (tertiary/aromatic N) is 2. The molecular weight excluding hydrogens is 316 g/mol. The third-order valence-electron chi connectivity index (χ3n) is 4.63. The van der Waals surface area contributed by atoms with Crippen LogP contribution in [-0.4, -0.2) is 51.2 Å². The number of methoxy groups -OCH3 is 2. The van der Waals surface area contributed by atoms with Crippen molar-refractivity contribution in [1.82, 2.24) is 4.90 Å². The van der Waals surface area contributed by atoms with Gasteiger partial charge >= 0.3 is 0 Å². The lowest BCUT2D eigenvalue weighted by Gasteiger charge is -2.36. The molecule has 0 aromatic heterocycles. The van der Waals surface area contributed by atoms with E-state index in [4.69, 9.17) is 9.47 Å². The third kappa shape index (κ3) is 3.55. The van der Waals surface area contributed by atoms with E-state index in [2.05, 4.69) is 11.0 Å². The normalized spacial score (nSPS) is 14.4. The summed E-state index contributed by atoms with van der Waals surface area (Å²) in [6, 6.07) is 13.6. The van der Waals surface area contributed by atoms with Crippen molar-refractivity contribution in [2.24, 2.45) is 0 Å². The number of ether oxygens (including phenoxy) is 2. The minimum Gasteiger partial charge on any atom is -0.496 e. The molecule has 0 radical (unpaired) electrons. The van der Waals surface area contributed by atoms with Gasteiger partial charge in [-0.25, -0.2) is 0 Å². The average molecular weight is 340 g/mol. The molecule has 132 valence electrons. The Morgan fingerprint density at radius 1 is 0.920 bits per heavy atom. The molecule has 0 N–H and O–H groups in total. The summed E-state index contributed by atoms with van der Waals surface area (Å²) in [6.07, 6.45) is 0. The fourth-order valence-electron chi connectivity index (χ4n) is 3.24. The molecule has 2 aromatic carbocycles. The van der Waals surface area contributed by atoms with Crippen LogP contribution >= 0.6 is 0 Å². The zero-order valence-corrected chi connectivity index (χ0v) is 15.0. The molecule has 0 bridgehead atoms. The van der Waals surface area contributed by atoms with Crippen LogP contribution in [0.1, 0.15) is 15.9 Å². The monoisotopic (exact) mass is 340 g/mol. The molecule has 1 aliphatic heterocycles. The summed E-state index contributed by atoms with van der Waals surface area (Å²) in [4.78, 5) is 16.9. The Hall–Kier alpha value is -2.69. The van der Waals surface area contributed by atoms with Crippen LogP contribution in [0, 0.1) is 6.92 Å². The second kappa shape index (κ2) is 7.47. The van der Waals surface area contributed by atoms with Crippen LogP contribution in [0.4, 0.5) is 5.69 Å². The second-order valence-corrected chi connectivity index (χ2v) is 6.14. The molecule has 0 aliphatic carbocycles. The molecule has 0 unspecified atom stereocenters. The predicted molar refractivity (Wildman–Crippen MR) is 98.8 cm³/mol. The SMILES string of the molecule is COc1ccc(C(=O)N2CCN(c3ccccc3OC)CC2)cc1C. The van der Waals surface area contributed by atoms with Crippen LogP contribution < -0.4 is 14.4 Å². The summed E-state index contributed by atoms with van der Waals surface area (Å²) in [6.45, 7) is 4.93. The second-order valence-electron chi connectivity index (χ2n) is 6.14. The standard InChI is InChI=1S/C20H24N2O3/c1-15-14-16(8-9-18(15)24-2)20(23)22-12-10-21(11-13-22)17-6-4-5-7-19(17)25-3/h4-9,14H,10-13H2,1-3H3. The summed E-state index contributed by atoms with van der Waals surface area (Å²) in [5, 5.41) is 0. The van der Waals surface area contributed by atoms with Gasteiger partial charge in [0.1, 0.15) is 11.5 Å². The maximum absolute atomic E-state index is 12.8. The molecule has 1 heterocycles. The van der Waals surface area contributed by atoms with E-state index in [1.54, 1.807) is 14.2 Å². The number of piperazine rings is 1. The smallest absolute Gasteiger partial charge is 0.253 e. The molecule has 0 spiro atoms. The molecule has 0 atom stereocenters. The topological polar surface area (TPSA) is 42.0 Å². The Morgan fingerprint density at radius 3 is 2.24 bits per heavy atom. The lowest BCUT2D eigenvalue weighted by Crippen LogP contribution is -2.48. The van der Waals surface area contributed by atoms with Crippen molar-refractivity contribution in [2.45, 2.75) is 6.92 Å². The third-order valence-corrected chi connectivity index (χ3v) is 4.63. The van der Waals surface area contributed by atoms with Crippen molar-refractivity contribution in [2.75, 3.05) is 45.3 Å². The lowest BCUT2D eigenvalue weighted by molar-refractivity contribution is 0.0746. The maximum Gasteiger partial charge on any atom is 0.253 e. The van der Waals surface area contributed by atoms with E-state index in [-0.39, 0.29) is 5.91 Å². The largest absolute Gasteiger partial charge is 0.496 e. The first-order valence-corrected chi connectivity index (χ1v) is 8.46. The van der Waals surface area contributed by atoms with Gasteiger partial charge in [0.2, 0.25) is 0 Å². The Kier molecular flexibility index (Phi) is 5.12. The number of carbonyl (C=O) groups excluding carboxylic acids is 1. The molecule has 1 amide bonds. The first-order chi connectivity index (χ1) is 12.1. The van der Waals surface area contributed by atoms with Crippen LogP contribution in [0.2, 0.25) is 0 Å². The highest BCUT2D eigenvalue weighted by atomic mass is 16.5. The number of hydrogen-bond acceptors (Lipinski definition) is 4. The fourth-order valence-corrected chi connectivity index (χ4v) is 3.24. The van der Waals surface area contributed by atoms with Gasteiger partial charge in [-0.05, 0) is 42.8 Å². The van der Waals surface area contributed by atoms with Gasteiger partial charge in [-0.1, -0.05) is 12.1 Å². The van der Waals surface area contributed by atoms with E-state index in [0.29, 0.717) is 18.7 Å². The van der Waals surface area contributed by atoms with E-state index < -0.39 is 0 Å². The van der Waals surface area contributed by atoms with E-state index in [1.807, 2.05) is 48.2 Å². The number of rotatable bonds is 4. The molecule has 5 heteroatoms. The lowest BCUT2D eigenvalue weighted by atomic mass is 10.1. The molecule has 1 aliphatic rings. The molecule has 5 nitrogen and oxygen atoms in total. The Bertz CT molecular complexity index is 752. The van der Waals surface area contributed by atoms with Crippen molar-refractivity contribution >= 4 is 11.6 Å². The van der Waals surface area contributed by atoms with E-state index >= 15 is 0 Å². The summed E-state index contributed by atoms with van der Waals surface area (Å²) >= 11 is 0. The van der Waals surface area contributed by atoms with Crippen LogP contribution in [0.15, 0.2) is 42.5 Å². The molecule has 3 rings (SSSR count). The van der Waals surface area contributed by atoms with Gasteiger partial charge in [0.05, 0.1) is 19.9 Å². The number of carbonyl (C=O) groups is 1. The quantitative estimate of drug-likeness (QED) is 0.858. The Morgan fingerprint density at radius 2 is 1.60 bits per heavy atom. The number of benzene rings is 2. The highest BCUT2D eigenvalue weighted by Gasteiger charge is 2.24. The first-order valence-electron chi connectivity index (χ1n) is 8.46. The summed E-state index contributed by atoms with van der Waals surface area (Å²) < 4.78 is 10.7. The van der Waals surface area contributed by atoms with Crippen molar-refractivity contribution in [3.8, 4) is 11.5 Å². The maximum atomic E-state index is 12.8. The van der Waals surface area contributed by atoms with Gasteiger partial charge in [0.25, 0.3) is 5.91 Å². The van der Waals surface area contributed by atoms with E-state index in [1.165, 1.54) is 0 Å². The zero-order chi connectivity index (χ0) is 17.8. The Balaban J connectivity index is 1.67. The number of aryl methyl sites for hydroxylation is 1. The van der Waals surface area contributed by atoms with Crippen molar-refractivity contribution in [3.63, 3.8) is 0 Å². The number of hydrogen-bond donors (Lipinski definition) is 0. The van der Waals surface area contributed by atoms with Gasteiger partial charge in [0.15, 0.2) is 0 Å². The highest BCUT2D eigenvalue weighted by Crippen LogP contribution is 2.28. The van der Waals surface area contributed by atoms with Crippen molar-refractivity contribution in [3.05, 3.63) is 53.6 Å². The first kappa shape index (κ1) is 17.1. The van der Waals surface area contributed by atoms with Gasteiger partial charge < -0.3 is 19.3 Å². The van der Waals surface area contributed by atoms with E-state index in [9.17, 15) is 4.79 Å². The van der Waals surface area contributed by atoms with Crippen LogP contribution in [0.3, 0.4) is 0 Å². The van der Waals surface area contributed by atoms with Crippen LogP contribution in [0.5, 0.6) is 11.5 Å². The van der Waals surface area contributed by atoms with Gasteiger partial charge in [0, 0.05) is 31.7 Å². The fraction of sp³-hybridized carbons (Fsp3) is 0.350. The summed E-state index contributed by atoms with van der Waals surface area (Å²) in [5.74, 6) is 1.75. The van der Waals surface area contributed by atoms with E-state index in [0.717, 1.165) is 35.8 Å². The van der Waals surface area contributed by atoms with Gasteiger partial charge in [-0.2, -0.15) is 0 Å². The van der Waals surface area contributed by atoms with Crippen LogP contribution in [0.25, 0.3) is 0 Å². The minimum absolute atomic E-state index is 0.0745. The molecule has 0 saturated carbocycles. The predicted octanol–water partition coefficient (Wildman–Crippen LogP) is 2.97. The summed E-state index contributed by atoms with van der Waals surface area (Å²) in [7, 11) is 3.32. The van der Waals surface area contributed by atoms with Crippen LogP contribution in [-0.2, 0) is 0 Å². The molecule has 2 aromatic rings. The van der Waals surface area contributed by atoms with Crippen molar-refractivity contribution < 1.29 is 14.3 Å². The van der Waals surface area contributed by atoms with Gasteiger partial charge in [-0.3, -0.25) is 4.79 Å². The average Bonchev–Trinajstić information content (AvgIpc) is 2.67. The zero-order valence-electron chi connectivity index (χ0n) is 15.0. The number of anilines is 1. The Labute approximate surface area is 148 Å².